The molecular weight excluding hydrogens is 162 g/mol. The molecule has 0 aliphatic carbocycles. The third-order valence-corrected chi connectivity index (χ3v) is 0.706. The van der Waals surface area contributed by atoms with E-state index in [4.69, 9.17) is 10.8 Å². The SMILES string of the molecule is CCOC(C)=O.NCCC(=O)O. The van der Waals surface area contributed by atoms with Crippen LogP contribution in [0.1, 0.15) is 20.3 Å². The summed E-state index contributed by atoms with van der Waals surface area (Å²) < 4.78 is 4.40. The minimum absolute atomic E-state index is 0.0694. The highest BCUT2D eigenvalue weighted by molar-refractivity contribution is 5.66. The van der Waals surface area contributed by atoms with E-state index in [2.05, 4.69) is 4.74 Å². The Bertz CT molecular complexity index is 119. The minimum atomic E-state index is -0.836. The van der Waals surface area contributed by atoms with Crippen LogP contribution in [0.3, 0.4) is 0 Å². The van der Waals surface area contributed by atoms with Crippen molar-refractivity contribution in [2.24, 2.45) is 5.73 Å². The minimum Gasteiger partial charge on any atom is -0.481 e. The molecule has 0 saturated heterocycles. The number of ether oxygens (including phenoxy) is 1. The largest absolute Gasteiger partial charge is 0.481 e. The van der Waals surface area contributed by atoms with E-state index in [0.29, 0.717) is 6.61 Å². The lowest BCUT2D eigenvalue weighted by atomic mass is 10.5. The molecule has 0 aliphatic heterocycles. The first-order valence-corrected chi connectivity index (χ1v) is 3.59. The Morgan fingerprint density at radius 1 is 1.50 bits per heavy atom. The van der Waals surface area contributed by atoms with Gasteiger partial charge in [-0.3, -0.25) is 9.59 Å². The van der Waals surface area contributed by atoms with Gasteiger partial charge >= 0.3 is 11.9 Å². The van der Waals surface area contributed by atoms with E-state index in [1.807, 2.05) is 0 Å². The molecule has 12 heavy (non-hydrogen) atoms. The van der Waals surface area contributed by atoms with Crippen molar-refractivity contribution in [1.82, 2.24) is 0 Å². The number of carbonyl (C=O) groups excluding carboxylic acids is 1. The van der Waals surface area contributed by atoms with E-state index in [9.17, 15) is 9.59 Å². The van der Waals surface area contributed by atoms with E-state index in [1.165, 1.54) is 6.92 Å². The summed E-state index contributed by atoms with van der Waals surface area (Å²) in [4.78, 5) is 19.3. The first-order valence-electron chi connectivity index (χ1n) is 3.59. The van der Waals surface area contributed by atoms with E-state index >= 15 is 0 Å². The summed E-state index contributed by atoms with van der Waals surface area (Å²) in [5.74, 6) is -1.05. The van der Waals surface area contributed by atoms with Crippen LogP contribution in [0.5, 0.6) is 0 Å². The molecule has 0 aromatic heterocycles. The second-order valence-electron chi connectivity index (χ2n) is 1.86. The van der Waals surface area contributed by atoms with Crippen LogP contribution in [0.4, 0.5) is 0 Å². The zero-order chi connectivity index (χ0) is 9.98. The van der Waals surface area contributed by atoms with Gasteiger partial charge in [0.15, 0.2) is 0 Å². The highest BCUT2D eigenvalue weighted by Gasteiger charge is 1.87. The molecule has 0 atom stereocenters. The number of aliphatic carboxylic acids is 1. The molecule has 0 spiro atoms. The Hall–Kier alpha value is -1.10. The van der Waals surface area contributed by atoms with Gasteiger partial charge in [-0.2, -0.15) is 0 Å². The number of carbonyl (C=O) groups is 2. The molecule has 0 saturated carbocycles. The van der Waals surface area contributed by atoms with Gasteiger partial charge in [0, 0.05) is 13.5 Å². The van der Waals surface area contributed by atoms with Crippen molar-refractivity contribution in [2.75, 3.05) is 13.2 Å². The first-order chi connectivity index (χ1) is 5.54. The maximum Gasteiger partial charge on any atom is 0.304 e. The van der Waals surface area contributed by atoms with E-state index in [1.54, 1.807) is 6.92 Å². The monoisotopic (exact) mass is 177 g/mol. The van der Waals surface area contributed by atoms with Crippen molar-refractivity contribution in [3.63, 3.8) is 0 Å². The van der Waals surface area contributed by atoms with E-state index in [0.717, 1.165) is 0 Å². The van der Waals surface area contributed by atoms with Crippen molar-refractivity contribution in [1.29, 1.82) is 0 Å². The summed E-state index contributed by atoms with van der Waals surface area (Å²) in [6.07, 6.45) is 0.0694. The van der Waals surface area contributed by atoms with Gasteiger partial charge in [-0.15, -0.1) is 0 Å². The van der Waals surface area contributed by atoms with Crippen LogP contribution in [0.2, 0.25) is 0 Å². The summed E-state index contributed by atoms with van der Waals surface area (Å²) in [5, 5.41) is 7.83. The molecule has 0 bridgehead atoms. The molecular formula is C7H15NO4. The maximum atomic E-state index is 9.82. The average molecular weight is 177 g/mol. The summed E-state index contributed by atoms with van der Waals surface area (Å²) >= 11 is 0. The van der Waals surface area contributed by atoms with E-state index in [-0.39, 0.29) is 18.9 Å². The molecule has 5 nitrogen and oxygen atoms in total. The van der Waals surface area contributed by atoms with Crippen LogP contribution in [0, 0.1) is 0 Å². The van der Waals surface area contributed by atoms with Crippen molar-refractivity contribution < 1.29 is 19.4 Å². The lowest BCUT2D eigenvalue weighted by molar-refractivity contribution is -0.140. The van der Waals surface area contributed by atoms with Crippen LogP contribution in [0.25, 0.3) is 0 Å². The Balaban J connectivity index is 0. The van der Waals surface area contributed by atoms with Crippen LogP contribution in [-0.2, 0) is 14.3 Å². The fourth-order valence-corrected chi connectivity index (χ4v) is 0.327. The fraction of sp³-hybridized carbons (Fsp3) is 0.714. The molecule has 0 aromatic rings. The molecule has 0 fully saturated rings. The van der Waals surface area contributed by atoms with Crippen molar-refractivity contribution in [2.45, 2.75) is 20.3 Å². The highest BCUT2D eigenvalue weighted by atomic mass is 16.5. The second kappa shape index (κ2) is 9.90. The predicted molar refractivity (Wildman–Crippen MR) is 43.6 cm³/mol. The van der Waals surface area contributed by atoms with Gasteiger partial charge in [0.25, 0.3) is 0 Å². The molecule has 0 amide bonds. The number of hydrogen-bond donors (Lipinski definition) is 2. The van der Waals surface area contributed by atoms with Gasteiger partial charge in [0.1, 0.15) is 0 Å². The Morgan fingerprint density at radius 2 is 2.00 bits per heavy atom. The second-order valence-corrected chi connectivity index (χ2v) is 1.86. The highest BCUT2D eigenvalue weighted by Crippen LogP contribution is 1.69. The van der Waals surface area contributed by atoms with Gasteiger partial charge in [-0.25, -0.2) is 0 Å². The van der Waals surface area contributed by atoms with Crippen LogP contribution in [-0.4, -0.2) is 30.2 Å². The van der Waals surface area contributed by atoms with Crippen molar-refractivity contribution in [3.8, 4) is 0 Å². The number of carboxylic acids is 1. The molecule has 3 N–H and O–H groups in total. The third-order valence-electron chi connectivity index (χ3n) is 0.706. The van der Waals surface area contributed by atoms with Gasteiger partial charge in [0.05, 0.1) is 13.0 Å². The fourth-order valence-electron chi connectivity index (χ4n) is 0.327. The molecule has 0 aliphatic rings. The number of hydrogen-bond acceptors (Lipinski definition) is 4. The first kappa shape index (κ1) is 13.5. The van der Waals surface area contributed by atoms with Crippen molar-refractivity contribution in [3.05, 3.63) is 0 Å². The Kier molecular flexibility index (Phi) is 11.1. The number of carboxylic acid groups (broad SMARTS) is 1. The maximum absolute atomic E-state index is 9.82. The number of esters is 1. The van der Waals surface area contributed by atoms with Crippen LogP contribution in [0.15, 0.2) is 0 Å². The topological polar surface area (TPSA) is 89.6 Å². The summed E-state index contributed by atoms with van der Waals surface area (Å²) in [5.41, 5.74) is 4.85. The molecule has 0 heterocycles. The third kappa shape index (κ3) is 23.1. The van der Waals surface area contributed by atoms with Gasteiger partial charge in [0.2, 0.25) is 0 Å². The average Bonchev–Trinajstić information content (AvgIpc) is 1.87. The molecule has 0 aromatic carbocycles. The molecule has 72 valence electrons. The normalized spacial score (nSPS) is 7.92. The summed E-state index contributed by atoms with van der Waals surface area (Å²) in [7, 11) is 0. The zero-order valence-electron chi connectivity index (χ0n) is 7.37. The standard InChI is InChI=1S/C4H8O2.C3H7NO2/c1-3-6-4(2)5;4-2-1-3(5)6/h3H2,1-2H3;1-2,4H2,(H,5,6). The molecule has 5 heteroatoms. The summed E-state index contributed by atoms with van der Waals surface area (Å²) in [6, 6.07) is 0. The van der Waals surface area contributed by atoms with Crippen LogP contribution < -0.4 is 5.73 Å². The van der Waals surface area contributed by atoms with Gasteiger partial charge in [-0.1, -0.05) is 0 Å². The molecule has 0 rings (SSSR count). The molecule has 0 radical (unpaired) electrons. The smallest absolute Gasteiger partial charge is 0.304 e. The van der Waals surface area contributed by atoms with Crippen molar-refractivity contribution >= 4 is 11.9 Å². The number of rotatable bonds is 3. The number of nitrogens with two attached hydrogens (primary N) is 1. The lowest BCUT2D eigenvalue weighted by Crippen LogP contribution is -2.05. The van der Waals surface area contributed by atoms with Gasteiger partial charge < -0.3 is 15.6 Å². The lowest BCUT2D eigenvalue weighted by Gasteiger charge is -1.89. The van der Waals surface area contributed by atoms with Crippen LogP contribution >= 0.6 is 0 Å². The predicted octanol–water partition coefficient (Wildman–Crippen LogP) is -0.0108. The Morgan fingerprint density at radius 3 is 2.00 bits per heavy atom. The zero-order valence-corrected chi connectivity index (χ0v) is 7.37. The Labute approximate surface area is 71.5 Å². The van der Waals surface area contributed by atoms with E-state index < -0.39 is 5.97 Å². The van der Waals surface area contributed by atoms with Gasteiger partial charge in [-0.05, 0) is 6.92 Å². The quantitative estimate of drug-likeness (QED) is 0.592. The molecule has 0 unspecified atom stereocenters. The summed E-state index contributed by atoms with van der Waals surface area (Å²) in [6.45, 7) is 3.88.